The number of aromatic hydroxyl groups is 1. The van der Waals surface area contributed by atoms with Crippen molar-refractivity contribution >= 4 is 11.6 Å². The fourth-order valence-electron chi connectivity index (χ4n) is 2.93. The molecule has 1 aromatic carbocycles. The molecule has 5 heteroatoms. The highest BCUT2D eigenvalue weighted by Gasteiger charge is 2.37. The highest BCUT2D eigenvalue weighted by atomic mass is 16.5. The molecule has 1 saturated carbocycles. The number of benzene rings is 1. The van der Waals surface area contributed by atoms with Gasteiger partial charge in [0.1, 0.15) is 11.5 Å². The lowest BCUT2D eigenvalue weighted by atomic mass is 9.79. The summed E-state index contributed by atoms with van der Waals surface area (Å²) in [4.78, 5) is 12.6. The number of rotatable bonds is 4. The first kappa shape index (κ1) is 15.6. The van der Waals surface area contributed by atoms with Crippen LogP contribution < -0.4 is 15.8 Å². The van der Waals surface area contributed by atoms with Crippen LogP contribution in [0.1, 0.15) is 38.5 Å². The average Bonchev–Trinajstić information content (AvgIpc) is 2.75. The molecule has 0 spiro atoms. The number of hydrogen-bond acceptors (Lipinski definition) is 4. The van der Waals surface area contributed by atoms with Gasteiger partial charge in [0.05, 0.1) is 18.2 Å². The third kappa shape index (κ3) is 3.47. The summed E-state index contributed by atoms with van der Waals surface area (Å²) < 4.78 is 5.04. The summed E-state index contributed by atoms with van der Waals surface area (Å²) in [6.07, 6.45) is 5.99. The molecule has 2 rings (SSSR count). The van der Waals surface area contributed by atoms with Crippen LogP contribution in [0.4, 0.5) is 5.69 Å². The summed E-state index contributed by atoms with van der Waals surface area (Å²) in [5.74, 6) is 0.462. The summed E-state index contributed by atoms with van der Waals surface area (Å²) in [6, 6.07) is 4.84. The predicted octanol–water partition coefficient (Wildman–Crippen LogP) is 2.64. The van der Waals surface area contributed by atoms with Crippen molar-refractivity contribution in [2.24, 2.45) is 11.1 Å². The monoisotopic (exact) mass is 292 g/mol. The Bertz CT molecular complexity index is 494. The molecule has 0 atom stereocenters. The van der Waals surface area contributed by atoms with E-state index in [4.69, 9.17) is 10.5 Å². The van der Waals surface area contributed by atoms with Gasteiger partial charge in [-0.2, -0.15) is 0 Å². The van der Waals surface area contributed by atoms with Crippen molar-refractivity contribution in [2.75, 3.05) is 19.0 Å². The number of carbonyl (C=O) groups is 1. The van der Waals surface area contributed by atoms with Gasteiger partial charge in [0.2, 0.25) is 5.91 Å². The van der Waals surface area contributed by atoms with Crippen molar-refractivity contribution in [3.05, 3.63) is 18.2 Å². The SMILES string of the molecule is COc1ccc(NC(=O)C2(CN)CCCCCC2)c(O)c1. The Hall–Kier alpha value is -1.75. The second kappa shape index (κ2) is 6.80. The number of nitrogens with one attached hydrogen (secondary N) is 1. The largest absolute Gasteiger partial charge is 0.506 e. The van der Waals surface area contributed by atoms with Crippen LogP contribution in [-0.4, -0.2) is 24.7 Å². The Balaban J connectivity index is 2.15. The summed E-state index contributed by atoms with van der Waals surface area (Å²) in [7, 11) is 1.53. The topological polar surface area (TPSA) is 84.6 Å². The molecule has 0 radical (unpaired) electrons. The first-order valence-electron chi connectivity index (χ1n) is 7.50. The summed E-state index contributed by atoms with van der Waals surface area (Å²) in [5, 5.41) is 12.8. The predicted molar refractivity (Wildman–Crippen MR) is 82.5 cm³/mol. The molecule has 0 heterocycles. The van der Waals surface area contributed by atoms with E-state index in [-0.39, 0.29) is 11.7 Å². The zero-order chi connectivity index (χ0) is 15.3. The van der Waals surface area contributed by atoms with Crippen LogP contribution in [0.15, 0.2) is 18.2 Å². The average molecular weight is 292 g/mol. The number of phenolic OH excluding ortho intramolecular Hbond substituents is 1. The van der Waals surface area contributed by atoms with Gasteiger partial charge in [-0.1, -0.05) is 25.7 Å². The van der Waals surface area contributed by atoms with E-state index in [0.717, 1.165) is 38.5 Å². The molecule has 1 aliphatic carbocycles. The molecular formula is C16H24N2O3. The van der Waals surface area contributed by atoms with Crippen molar-refractivity contribution in [3.63, 3.8) is 0 Å². The molecule has 1 aliphatic rings. The highest BCUT2D eigenvalue weighted by molar-refractivity contribution is 5.96. The molecule has 4 N–H and O–H groups in total. The molecular weight excluding hydrogens is 268 g/mol. The van der Waals surface area contributed by atoms with Crippen LogP contribution >= 0.6 is 0 Å². The molecule has 5 nitrogen and oxygen atoms in total. The fourth-order valence-corrected chi connectivity index (χ4v) is 2.93. The van der Waals surface area contributed by atoms with Crippen LogP contribution in [0, 0.1) is 5.41 Å². The van der Waals surface area contributed by atoms with Crippen molar-refractivity contribution in [2.45, 2.75) is 38.5 Å². The van der Waals surface area contributed by atoms with Crippen LogP contribution in [-0.2, 0) is 4.79 Å². The van der Waals surface area contributed by atoms with E-state index in [1.165, 1.54) is 13.2 Å². The summed E-state index contributed by atoms with van der Waals surface area (Å²) in [6.45, 7) is 0.343. The zero-order valence-corrected chi connectivity index (χ0v) is 12.5. The van der Waals surface area contributed by atoms with Gasteiger partial charge in [-0.15, -0.1) is 0 Å². The van der Waals surface area contributed by atoms with Crippen molar-refractivity contribution in [3.8, 4) is 11.5 Å². The molecule has 116 valence electrons. The number of phenols is 1. The molecule has 0 unspecified atom stereocenters. The molecule has 0 bridgehead atoms. The zero-order valence-electron chi connectivity index (χ0n) is 12.5. The third-order valence-corrected chi connectivity index (χ3v) is 4.39. The number of carbonyl (C=O) groups excluding carboxylic acids is 1. The van der Waals surface area contributed by atoms with E-state index in [2.05, 4.69) is 5.32 Å². The molecule has 1 aromatic rings. The Morgan fingerprint density at radius 1 is 1.33 bits per heavy atom. The van der Waals surface area contributed by atoms with E-state index in [1.54, 1.807) is 12.1 Å². The lowest BCUT2D eigenvalue weighted by molar-refractivity contribution is -0.125. The maximum Gasteiger partial charge on any atom is 0.231 e. The van der Waals surface area contributed by atoms with Crippen molar-refractivity contribution < 1.29 is 14.6 Å². The van der Waals surface area contributed by atoms with Gasteiger partial charge in [0, 0.05) is 12.6 Å². The van der Waals surface area contributed by atoms with Gasteiger partial charge in [0.25, 0.3) is 0 Å². The Morgan fingerprint density at radius 2 is 2.00 bits per heavy atom. The number of methoxy groups -OCH3 is 1. The lowest BCUT2D eigenvalue weighted by Crippen LogP contribution is -2.42. The van der Waals surface area contributed by atoms with Gasteiger partial charge in [0.15, 0.2) is 0 Å². The van der Waals surface area contributed by atoms with E-state index in [1.807, 2.05) is 0 Å². The van der Waals surface area contributed by atoms with Crippen LogP contribution in [0.3, 0.4) is 0 Å². The van der Waals surface area contributed by atoms with E-state index in [0.29, 0.717) is 18.0 Å². The number of nitrogens with two attached hydrogens (primary N) is 1. The summed E-state index contributed by atoms with van der Waals surface area (Å²) in [5.41, 5.74) is 5.79. The van der Waals surface area contributed by atoms with Gasteiger partial charge in [-0.3, -0.25) is 4.79 Å². The van der Waals surface area contributed by atoms with Gasteiger partial charge in [-0.25, -0.2) is 0 Å². The van der Waals surface area contributed by atoms with Gasteiger partial charge >= 0.3 is 0 Å². The minimum atomic E-state index is -0.511. The van der Waals surface area contributed by atoms with Crippen LogP contribution in [0.5, 0.6) is 11.5 Å². The molecule has 21 heavy (non-hydrogen) atoms. The highest BCUT2D eigenvalue weighted by Crippen LogP contribution is 2.36. The summed E-state index contributed by atoms with van der Waals surface area (Å²) >= 11 is 0. The molecule has 0 aromatic heterocycles. The van der Waals surface area contributed by atoms with Crippen molar-refractivity contribution in [1.82, 2.24) is 0 Å². The van der Waals surface area contributed by atoms with Crippen LogP contribution in [0.25, 0.3) is 0 Å². The Morgan fingerprint density at radius 3 is 2.52 bits per heavy atom. The molecule has 0 saturated heterocycles. The fraction of sp³-hybridized carbons (Fsp3) is 0.562. The van der Waals surface area contributed by atoms with E-state index >= 15 is 0 Å². The molecule has 0 aliphatic heterocycles. The second-order valence-corrected chi connectivity index (χ2v) is 5.74. The minimum Gasteiger partial charge on any atom is -0.506 e. The third-order valence-electron chi connectivity index (χ3n) is 4.39. The smallest absolute Gasteiger partial charge is 0.231 e. The number of ether oxygens (including phenoxy) is 1. The molecule has 1 fully saturated rings. The number of anilines is 1. The maximum atomic E-state index is 12.6. The lowest BCUT2D eigenvalue weighted by Gasteiger charge is -2.30. The number of amides is 1. The maximum absolute atomic E-state index is 12.6. The van der Waals surface area contributed by atoms with Crippen LogP contribution in [0.2, 0.25) is 0 Å². The first-order chi connectivity index (χ1) is 10.1. The molecule has 1 amide bonds. The second-order valence-electron chi connectivity index (χ2n) is 5.74. The van der Waals surface area contributed by atoms with E-state index < -0.39 is 5.41 Å². The Kier molecular flexibility index (Phi) is 5.07. The quantitative estimate of drug-likeness (QED) is 0.588. The minimum absolute atomic E-state index is 0.00323. The first-order valence-corrected chi connectivity index (χ1v) is 7.50. The van der Waals surface area contributed by atoms with E-state index in [9.17, 15) is 9.90 Å². The normalized spacial score (nSPS) is 17.8. The Labute approximate surface area is 125 Å². The van der Waals surface area contributed by atoms with Gasteiger partial charge in [-0.05, 0) is 25.0 Å². The van der Waals surface area contributed by atoms with Gasteiger partial charge < -0.3 is 20.9 Å². The number of hydrogen-bond donors (Lipinski definition) is 3. The standard InChI is InChI=1S/C16H24N2O3/c1-21-12-6-7-13(14(19)10-12)18-15(20)16(11-17)8-4-2-3-5-9-16/h6-7,10,19H,2-5,8-9,11,17H2,1H3,(H,18,20). The van der Waals surface area contributed by atoms with Crippen molar-refractivity contribution in [1.29, 1.82) is 0 Å².